The summed E-state index contributed by atoms with van der Waals surface area (Å²) in [6, 6.07) is 11.9. The Morgan fingerprint density at radius 3 is 2.42 bits per heavy atom. The van der Waals surface area contributed by atoms with Gasteiger partial charge in [-0.1, -0.05) is 47.1 Å². The molecule has 0 spiro atoms. The van der Waals surface area contributed by atoms with E-state index in [1.165, 1.54) is 4.57 Å². The molecule has 10 heteroatoms. The van der Waals surface area contributed by atoms with Crippen molar-refractivity contribution >= 4 is 55.9 Å². The smallest absolute Gasteiger partial charge is 0.265 e. The first-order valence-electron chi connectivity index (χ1n) is 12.6. The Labute approximate surface area is 235 Å². The number of benzene rings is 1. The highest BCUT2D eigenvalue weighted by molar-refractivity contribution is 9.10. The van der Waals surface area contributed by atoms with Crippen molar-refractivity contribution in [2.45, 2.75) is 58.1 Å². The highest BCUT2D eigenvalue weighted by Gasteiger charge is 2.32. The molecule has 1 aromatic carbocycles. The molecule has 2 N–H and O–H groups in total. The lowest BCUT2D eigenvalue weighted by atomic mass is 9.80. The van der Waals surface area contributed by atoms with E-state index in [2.05, 4.69) is 38.2 Å². The van der Waals surface area contributed by atoms with Crippen molar-refractivity contribution in [1.82, 2.24) is 9.55 Å². The normalized spacial score (nSPS) is 18.4. The first kappa shape index (κ1) is 28.1. The van der Waals surface area contributed by atoms with Crippen molar-refractivity contribution < 1.29 is 9.63 Å². The van der Waals surface area contributed by atoms with Gasteiger partial charge in [0.05, 0.1) is 21.4 Å². The maximum Gasteiger partial charge on any atom is 0.265 e. The van der Waals surface area contributed by atoms with Crippen molar-refractivity contribution in [2.24, 2.45) is 23.9 Å². The van der Waals surface area contributed by atoms with Gasteiger partial charge in [0.1, 0.15) is 21.8 Å². The first-order valence-corrected chi connectivity index (χ1v) is 13.8. The molecule has 3 aromatic rings. The molecule has 0 atom stereocenters. The van der Waals surface area contributed by atoms with Gasteiger partial charge in [0.2, 0.25) is 0 Å². The van der Waals surface area contributed by atoms with E-state index in [1.807, 2.05) is 50.9 Å². The van der Waals surface area contributed by atoms with Crippen molar-refractivity contribution in [2.75, 3.05) is 11.9 Å². The average Bonchev–Trinajstić information content (AvgIpc) is 2.87. The minimum absolute atomic E-state index is 0.0597. The van der Waals surface area contributed by atoms with Crippen LogP contribution in [0, 0.1) is 5.92 Å². The van der Waals surface area contributed by atoms with Gasteiger partial charge in [-0.2, -0.15) is 0 Å². The Morgan fingerprint density at radius 2 is 1.84 bits per heavy atom. The Hall–Kier alpha value is -2.91. The number of aryl methyl sites for hydroxylation is 1. The zero-order chi connectivity index (χ0) is 27.8. The fraction of sp³-hybridized carbons (Fsp3) is 0.429. The van der Waals surface area contributed by atoms with Gasteiger partial charge < -0.3 is 20.0 Å². The predicted octanol–water partition coefficient (Wildman–Crippen LogP) is 5.66. The van der Waals surface area contributed by atoms with E-state index in [-0.39, 0.29) is 22.7 Å². The highest BCUT2D eigenvalue weighted by atomic mass is 79.9. The number of fused-ring (bicyclic) bond motifs is 1. The molecule has 38 heavy (non-hydrogen) atoms. The molecule has 1 fully saturated rings. The van der Waals surface area contributed by atoms with E-state index in [1.54, 1.807) is 13.1 Å². The summed E-state index contributed by atoms with van der Waals surface area (Å²) in [5.41, 5.74) is 8.21. The van der Waals surface area contributed by atoms with Gasteiger partial charge in [0.15, 0.2) is 0 Å². The molecule has 202 valence electrons. The number of nitrogens with two attached hydrogens (primary N) is 1. The van der Waals surface area contributed by atoms with Crippen LogP contribution in [0.15, 0.2) is 50.8 Å². The van der Waals surface area contributed by atoms with Gasteiger partial charge in [0, 0.05) is 26.1 Å². The molecule has 1 aliphatic rings. The number of rotatable bonds is 6. The lowest BCUT2D eigenvalue weighted by Gasteiger charge is -2.37. The summed E-state index contributed by atoms with van der Waals surface area (Å²) >= 11 is 9.73. The number of primary amides is 1. The van der Waals surface area contributed by atoms with Crippen LogP contribution < -0.4 is 16.2 Å². The van der Waals surface area contributed by atoms with E-state index >= 15 is 0 Å². The number of anilines is 1. The second kappa shape index (κ2) is 11.1. The Kier molecular flexibility index (Phi) is 8.18. The monoisotopic (exact) mass is 601 g/mol. The second-order valence-corrected chi connectivity index (χ2v) is 12.0. The minimum Gasteiger partial charge on any atom is -0.390 e. The molecule has 4 rings (SSSR count). The quantitative estimate of drug-likeness (QED) is 0.223. The number of hydrogen-bond donors (Lipinski definition) is 1. The number of carbonyl (C=O) groups is 1. The highest BCUT2D eigenvalue weighted by Crippen LogP contribution is 2.37. The lowest BCUT2D eigenvalue weighted by Crippen LogP contribution is -2.40. The van der Waals surface area contributed by atoms with Gasteiger partial charge in [-0.05, 0) is 74.0 Å². The largest absolute Gasteiger partial charge is 0.390 e. The number of pyridine rings is 2. The van der Waals surface area contributed by atoms with Crippen LogP contribution in [-0.2, 0) is 11.9 Å². The molecule has 1 amide bonds. The number of nitrogens with zero attached hydrogens (tertiary/aromatic N) is 4. The Balaban J connectivity index is 1.68. The van der Waals surface area contributed by atoms with Crippen LogP contribution in [0.3, 0.4) is 0 Å². The lowest BCUT2D eigenvalue weighted by molar-refractivity contribution is -0.0000317. The van der Waals surface area contributed by atoms with E-state index in [0.29, 0.717) is 21.2 Å². The molecule has 2 heterocycles. The van der Waals surface area contributed by atoms with Crippen molar-refractivity contribution in [3.8, 4) is 0 Å². The zero-order valence-corrected chi connectivity index (χ0v) is 24.6. The average molecular weight is 603 g/mol. The number of aromatic nitrogens is 2. The molecule has 1 aliphatic carbocycles. The van der Waals surface area contributed by atoms with Crippen molar-refractivity contribution in [3.63, 3.8) is 0 Å². The first-order chi connectivity index (χ1) is 17.9. The summed E-state index contributed by atoms with van der Waals surface area (Å²) in [5, 5.41) is 4.85. The van der Waals surface area contributed by atoms with Gasteiger partial charge in [-0.15, -0.1) is 0 Å². The molecule has 0 aliphatic heterocycles. The van der Waals surface area contributed by atoms with Crippen LogP contribution >= 0.6 is 27.5 Å². The number of halogens is 2. The third-order valence-corrected chi connectivity index (χ3v) is 8.09. The summed E-state index contributed by atoms with van der Waals surface area (Å²) < 4.78 is 1.95. The fourth-order valence-electron chi connectivity index (χ4n) is 5.03. The van der Waals surface area contributed by atoms with E-state index in [4.69, 9.17) is 22.2 Å². The minimum atomic E-state index is -0.790. The van der Waals surface area contributed by atoms with Gasteiger partial charge in [-0.3, -0.25) is 9.59 Å². The van der Waals surface area contributed by atoms with Crippen LogP contribution in [0.1, 0.15) is 62.4 Å². The third-order valence-electron chi connectivity index (χ3n) is 6.97. The zero-order valence-electron chi connectivity index (χ0n) is 22.3. The maximum atomic E-state index is 13.2. The van der Waals surface area contributed by atoms with E-state index in [0.717, 1.165) is 37.0 Å². The topological polar surface area (TPSA) is 103 Å². The maximum absolute atomic E-state index is 13.2. The van der Waals surface area contributed by atoms with Gasteiger partial charge in [0.25, 0.3) is 11.5 Å². The molecule has 0 saturated heterocycles. The number of carbonyl (C=O) groups excluding carboxylic acids is 1. The standard InChI is InChI=1S/C28H33BrClN5O3/c1-28(2,3)38-33-22(16-9-7-6-8-10-16)17-11-13-18(14-12-17)34(4)24-21(26(31)36)27(37)35(5)20-15-19(29)25(30)32-23(20)24/h6-10,15,17-18H,11-14H2,1-5H3,(H2,31,36). The molecule has 0 bridgehead atoms. The molecule has 0 unspecified atom stereocenters. The number of hydrogen-bond acceptors (Lipinski definition) is 6. The van der Waals surface area contributed by atoms with Crippen LogP contribution in [-0.4, -0.2) is 39.9 Å². The van der Waals surface area contributed by atoms with Gasteiger partial charge >= 0.3 is 0 Å². The fourth-order valence-corrected chi connectivity index (χ4v) is 5.47. The van der Waals surface area contributed by atoms with Gasteiger partial charge in [-0.25, -0.2) is 4.98 Å². The summed E-state index contributed by atoms with van der Waals surface area (Å²) in [4.78, 5) is 38.1. The van der Waals surface area contributed by atoms with Crippen molar-refractivity contribution in [1.29, 1.82) is 0 Å². The van der Waals surface area contributed by atoms with Crippen LogP contribution in [0.25, 0.3) is 11.0 Å². The third kappa shape index (κ3) is 5.73. The SMILES string of the molecule is CN(c1c(C(N)=O)c(=O)n(C)c2cc(Br)c(Cl)nc12)C1CCC(C(=NOC(C)(C)C)c2ccccc2)CC1. The molecular weight excluding hydrogens is 570 g/mol. The van der Waals surface area contributed by atoms with E-state index in [9.17, 15) is 9.59 Å². The van der Waals surface area contributed by atoms with Crippen molar-refractivity contribution in [3.05, 3.63) is 67.5 Å². The second-order valence-electron chi connectivity index (χ2n) is 10.7. The molecular formula is C28H33BrClN5O3. The predicted molar refractivity (Wildman–Crippen MR) is 156 cm³/mol. The van der Waals surface area contributed by atoms with E-state index < -0.39 is 17.1 Å². The molecule has 0 radical (unpaired) electrons. The molecule has 1 saturated carbocycles. The summed E-state index contributed by atoms with van der Waals surface area (Å²) in [6.07, 6.45) is 3.37. The number of oxime groups is 1. The van der Waals surface area contributed by atoms with Crippen LogP contribution in [0.5, 0.6) is 0 Å². The Bertz CT molecular complexity index is 1440. The molecule has 2 aromatic heterocycles. The molecule has 8 nitrogen and oxygen atoms in total. The summed E-state index contributed by atoms with van der Waals surface area (Å²) in [6.45, 7) is 5.94. The van der Waals surface area contributed by atoms with Crippen LogP contribution in [0.2, 0.25) is 5.15 Å². The van der Waals surface area contributed by atoms with Crippen LogP contribution in [0.4, 0.5) is 5.69 Å². The summed E-state index contributed by atoms with van der Waals surface area (Å²) in [7, 11) is 3.48. The number of amides is 1. The summed E-state index contributed by atoms with van der Waals surface area (Å²) in [5.74, 6) is -0.578. The Morgan fingerprint density at radius 1 is 1.21 bits per heavy atom.